The molecule has 3 aromatic carbocycles. The number of nitrogens with one attached hydrogen (secondary N) is 1. The Hall–Kier alpha value is -4.96. The molecular formula is C30H25N5O4S. The fraction of sp³-hybridized carbons (Fsp3) is 0.100. The largest absolute Gasteiger partial charge is 0.445 e. The van der Waals surface area contributed by atoms with Gasteiger partial charge in [-0.05, 0) is 49.2 Å². The van der Waals surface area contributed by atoms with E-state index in [9.17, 15) is 8.42 Å². The van der Waals surface area contributed by atoms with E-state index in [-0.39, 0.29) is 10.8 Å². The van der Waals surface area contributed by atoms with Gasteiger partial charge < -0.3 is 8.94 Å². The molecule has 40 heavy (non-hydrogen) atoms. The smallest absolute Gasteiger partial charge is 0.264 e. The molecule has 6 rings (SSSR count). The normalized spacial score (nSPS) is 11.6. The second-order valence-electron chi connectivity index (χ2n) is 9.30. The molecule has 0 atom stereocenters. The summed E-state index contributed by atoms with van der Waals surface area (Å²) >= 11 is 0. The van der Waals surface area contributed by atoms with Crippen LogP contribution in [0.15, 0.2) is 111 Å². The minimum Gasteiger partial charge on any atom is -0.445 e. The Balaban J connectivity index is 1.43. The summed E-state index contributed by atoms with van der Waals surface area (Å²) in [5, 5.41) is 8.64. The second-order valence-corrected chi connectivity index (χ2v) is 10.9. The summed E-state index contributed by atoms with van der Waals surface area (Å²) in [6.07, 6.45) is 5.01. The molecule has 1 N–H and O–H groups in total. The van der Waals surface area contributed by atoms with Gasteiger partial charge in [-0.15, -0.1) is 0 Å². The standard InChI is InChI=1S/C30H25N5O4S/c1-20-21(2)33-39-29(20)34-40(36,37)28-11-7-6-10-26(28)25-13-12-23(30-31-15-17-38-30)18-24(25)19-35-16-14-27(32-35)22-8-4-3-5-9-22/h3-18,34H,19H2,1-2H3. The van der Waals surface area contributed by atoms with Crippen molar-refractivity contribution in [3.8, 4) is 33.8 Å². The highest BCUT2D eigenvalue weighted by molar-refractivity contribution is 7.92. The molecule has 9 nitrogen and oxygen atoms in total. The Morgan fingerprint density at radius 1 is 0.900 bits per heavy atom. The summed E-state index contributed by atoms with van der Waals surface area (Å²) in [5.41, 5.74) is 5.98. The number of oxazole rings is 1. The number of sulfonamides is 1. The third-order valence-electron chi connectivity index (χ3n) is 6.68. The van der Waals surface area contributed by atoms with Crippen LogP contribution in [0.2, 0.25) is 0 Å². The van der Waals surface area contributed by atoms with E-state index in [1.165, 1.54) is 6.26 Å². The van der Waals surface area contributed by atoms with Crippen LogP contribution in [0.1, 0.15) is 16.8 Å². The van der Waals surface area contributed by atoms with Crippen LogP contribution in [0.5, 0.6) is 0 Å². The molecule has 0 saturated heterocycles. The molecule has 200 valence electrons. The van der Waals surface area contributed by atoms with Crippen LogP contribution in [0, 0.1) is 13.8 Å². The quantitative estimate of drug-likeness (QED) is 0.235. The predicted octanol–water partition coefficient (Wildman–Crippen LogP) is 6.33. The number of aromatic nitrogens is 4. The molecule has 0 spiro atoms. The Bertz CT molecular complexity index is 1890. The van der Waals surface area contributed by atoms with Crippen molar-refractivity contribution in [1.82, 2.24) is 19.9 Å². The Morgan fingerprint density at radius 2 is 1.70 bits per heavy atom. The number of aryl methyl sites for hydroxylation is 1. The van der Waals surface area contributed by atoms with Crippen LogP contribution in [-0.4, -0.2) is 28.3 Å². The molecule has 0 amide bonds. The predicted molar refractivity (Wildman–Crippen MR) is 151 cm³/mol. The van der Waals surface area contributed by atoms with E-state index in [4.69, 9.17) is 14.0 Å². The number of rotatable bonds is 8. The Morgan fingerprint density at radius 3 is 2.45 bits per heavy atom. The number of anilines is 1. The van der Waals surface area contributed by atoms with Crippen LogP contribution < -0.4 is 4.72 Å². The average Bonchev–Trinajstić information content (AvgIpc) is 3.74. The van der Waals surface area contributed by atoms with Crippen molar-refractivity contribution in [3.63, 3.8) is 0 Å². The molecule has 0 radical (unpaired) electrons. The van der Waals surface area contributed by atoms with Crippen LogP contribution in [0.25, 0.3) is 33.8 Å². The van der Waals surface area contributed by atoms with Gasteiger partial charge in [0.25, 0.3) is 10.0 Å². The first kappa shape index (κ1) is 25.3. The highest BCUT2D eigenvalue weighted by atomic mass is 32.2. The topological polar surface area (TPSA) is 116 Å². The molecule has 0 bridgehead atoms. The molecule has 0 unspecified atom stereocenters. The van der Waals surface area contributed by atoms with Crippen molar-refractivity contribution in [2.24, 2.45) is 0 Å². The molecular weight excluding hydrogens is 526 g/mol. The summed E-state index contributed by atoms with van der Waals surface area (Å²) in [5.74, 6) is 0.564. The van der Waals surface area contributed by atoms with Crippen LogP contribution >= 0.6 is 0 Å². The summed E-state index contributed by atoms with van der Waals surface area (Å²) in [6, 6.07) is 24.4. The van der Waals surface area contributed by atoms with Gasteiger partial charge in [0.1, 0.15) is 6.26 Å². The van der Waals surface area contributed by atoms with E-state index >= 15 is 0 Å². The van der Waals surface area contributed by atoms with Gasteiger partial charge in [-0.1, -0.05) is 59.8 Å². The first-order valence-electron chi connectivity index (χ1n) is 12.6. The highest BCUT2D eigenvalue weighted by Crippen LogP contribution is 2.34. The SMILES string of the molecule is Cc1noc(NS(=O)(=O)c2ccccc2-c2ccc(-c3ncco3)cc2Cn2ccc(-c3ccccc3)n2)c1C. The van der Waals surface area contributed by atoms with Gasteiger partial charge in [-0.2, -0.15) is 5.10 Å². The molecule has 0 fully saturated rings. The van der Waals surface area contributed by atoms with Crippen molar-refractivity contribution >= 4 is 15.9 Å². The number of hydrogen-bond acceptors (Lipinski definition) is 7. The lowest BCUT2D eigenvalue weighted by Crippen LogP contribution is -2.14. The zero-order chi connectivity index (χ0) is 27.7. The molecule has 3 heterocycles. The first-order chi connectivity index (χ1) is 19.4. The third kappa shape index (κ3) is 4.92. The van der Waals surface area contributed by atoms with Gasteiger partial charge in [0.15, 0.2) is 0 Å². The Labute approximate surface area is 231 Å². The maximum Gasteiger partial charge on any atom is 0.264 e. The molecule has 0 aliphatic heterocycles. The van der Waals surface area contributed by atoms with E-state index in [2.05, 4.69) is 14.9 Å². The van der Waals surface area contributed by atoms with E-state index < -0.39 is 10.0 Å². The minimum atomic E-state index is -4.01. The highest BCUT2D eigenvalue weighted by Gasteiger charge is 2.24. The summed E-state index contributed by atoms with van der Waals surface area (Å²) in [7, 11) is -4.01. The van der Waals surface area contributed by atoms with Crippen molar-refractivity contribution in [2.45, 2.75) is 25.3 Å². The van der Waals surface area contributed by atoms with Crippen molar-refractivity contribution in [2.75, 3.05) is 4.72 Å². The van der Waals surface area contributed by atoms with E-state index in [0.29, 0.717) is 29.3 Å². The summed E-state index contributed by atoms with van der Waals surface area (Å²) < 4.78 is 42.3. The van der Waals surface area contributed by atoms with Crippen LogP contribution in [-0.2, 0) is 16.6 Å². The number of nitrogens with zero attached hydrogens (tertiary/aromatic N) is 4. The van der Waals surface area contributed by atoms with Crippen LogP contribution in [0.3, 0.4) is 0 Å². The van der Waals surface area contributed by atoms with Gasteiger partial charge in [-0.3, -0.25) is 4.68 Å². The van der Waals surface area contributed by atoms with Crippen molar-refractivity contribution in [3.05, 3.63) is 114 Å². The van der Waals surface area contributed by atoms with Gasteiger partial charge in [0.05, 0.1) is 29.0 Å². The third-order valence-corrected chi connectivity index (χ3v) is 8.07. The minimum absolute atomic E-state index is 0.0942. The first-order valence-corrected chi connectivity index (χ1v) is 14.0. The van der Waals surface area contributed by atoms with Gasteiger partial charge in [0, 0.05) is 28.5 Å². The Kier molecular flexibility index (Phi) is 6.53. The molecule has 0 aliphatic carbocycles. The van der Waals surface area contributed by atoms with E-state index in [1.54, 1.807) is 38.2 Å². The fourth-order valence-electron chi connectivity index (χ4n) is 4.48. The molecule has 6 aromatic rings. The molecule has 0 aliphatic rings. The summed E-state index contributed by atoms with van der Waals surface area (Å²) in [4.78, 5) is 4.39. The lowest BCUT2D eigenvalue weighted by atomic mass is 9.97. The lowest BCUT2D eigenvalue weighted by Gasteiger charge is -2.16. The van der Waals surface area contributed by atoms with Crippen molar-refractivity contribution in [1.29, 1.82) is 0 Å². The number of hydrogen-bond donors (Lipinski definition) is 1. The molecule has 0 saturated carbocycles. The van der Waals surface area contributed by atoms with Gasteiger partial charge >= 0.3 is 0 Å². The monoisotopic (exact) mass is 551 g/mol. The van der Waals surface area contributed by atoms with Crippen LogP contribution in [0.4, 0.5) is 5.88 Å². The van der Waals surface area contributed by atoms with Gasteiger partial charge in [0.2, 0.25) is 11.8 Å². The zero-order valence-electron chi connectivity index (χ0n) is 21.8. The molecule has 10 heteroatoms. The van der Waals surface area contributed by atoms with E-state index in [1.807, 2.05) is 71.5 Å². The number of benzene rings is 3. The van der Waals surface area contributed by atoms with E-state index in [0.717, 1.165) is 27.9 Å². The zero-order valence-corrected chi connectivity index (χ0v) is 22.6. The maximum atomic E-state index is 13.6. The lowest BCUT2D eigenvalue weighted by molar-refractivity contribution is 0.430. The average molecular weight is 552 g/mol. The summed E-state index contributed by atoms with van der Waals surface area (Å²) in [6.45, 7) is 3.90. The molecule has 3 aromatic heterocycles. The maximum absolute atomic E-state index is 13.6. The second kappa shape index (κ2) is 10.3. The van der Waals surface area contributed by atoms with Gasteiger partial charge in [-0.25, -0.2) is 18.1 Å². The van der Waals surface area contributed by atoms with Crippen molar-refractivity contribution < 1.29 is 17.4 Å². The fourth-order valence-corrected chi connectivity index (χ4v) is 5.75.